The molecule has 20 heavy (non-hydrogen) atoms. The molecule has 5 nitrogen and oxygen atoms in total. The van der Waals surface area contributed by atoms with Crippen LogP contribution in [0.15, 0.2) is 12.1 Å². The van der Waals surface area contributed by atoms with Crippen LogP contribution in [0.2, 0.25) is 0 Å². The van der Waals surface area contributed by atoms with Gasteiger partial charge in [-0.1, -0.05) is 13.8 Å². The Morgan fingerprint density at radius 1 is 1.25 bits per heavy atom. The molecule has 0 aromatic carbocycles. The third kappa shape index (κ3) is 4.49. The summed E-state index contributed by atoms with van der Waals surface area (Å²) in [5.41, 5.74) is 1.62. The molecule has 0 spiro atoms. The number of carbonyl (C=O) groups excluding carboxylic acids is 1. The SMILES string of the molecule is CNc1cc(C(=O)N(C)CCN(C)C)cc(C(C)C)n1. The number of amides is 1. The van der Waals surface area contributed by atoms with Crippen LogP contribution in [0.25, 0.3) is 0 Å². The number of nitrogens with one attached hydrogen (secondary N) is 1. The van der Waals surface area contributed by atoms with E-state index in [0.717, 1.165) is 18.1 Å². The van der Waals surface area contributed by atoms with Gasteiger partial charge in [0, 0.05) is 38.4 Å². The summed E-state index contributed by atoms with van der Waals surface area (Å²) in [5, 5.41) is 3.02. The van der Waals surface area contributed by atoms with E-state index in [9.17, 15) is 4.79 Å². The summed E-state index contributed by atoms with van der Waals surface area (Å²) >= 11 is 0. The second-order valence-electron chi connectivity index (χ2n) is 5.60. The monoisotopic (exact) mass is 278 g/mol. The Kier molecular flexibility index (Phi) is 5.95. The number of carbonyl (C=O) groups is 1. The molecule has 1 N–H and O–H groups in total. The molecular formula is C15H26N4O. The number of pyridine rings is 1. The standard InChI is InChI=1S/C15H26N4O/c1-11(2)13-9-12(10-14(16-3)17-13)15(20)19(6)8-7-18(4)5/h9-11H,7-8H2,1-6H3,(H,16,17). The van der Waals surface area contributed by atoms with Crippen LogP contribution in [0.5, 0.6) is 0 Å². The molecule has 1 heterocycles. The molecule has 0 aliphatic carbocycles. The number of hydrogen-bond donors (Lipinski definition) is 1. The molecular weight excluding hydrogens is 252 g/mol. The Hall–Kier alpha value is -1.62. The number of anilines is 1. The van der Waals surface area contributed by atoms with Crippen LogP contribution in [0.1, 0.15) is 35.8 Å². The quantitative estimate of drug-likeness (QED) is 0.863. The van der Waals surface area contributed by atoms with Crippen LogP contribution >= 0.6 is 0 Å². The van der Waals surface area contributed by atoms with Gasteiger partial charge in [0.25, 0.3) is 5.91 Å². The van der Waals surface area contributed by atoms with Gasteiger partial charge in [-0.15, -0.1) is 0 Å². The summed E-state index contributed by atoms with van der Waals surface area (Å²) in [6, 6.07) is 3.69. The van der Waals surface area contributed by atoms with Gasteiger partial charge in [0.15, 0.2) is 0 Å². The summed E-state index contributed by atoms with van der Waals surface area (Å²) in [6.07, 6.45) is 0. The Balaban J connectivity index is 2.93. The maximum Gasteiger partial charge on any atom is 0.253 e. The lowest BCUT2D eigenvalue weighted by Gasteiger charge is -2.20. The molecule has 0 radical (unpaired) electrons. The average molecular weight is 278 g/mol. The lowest BCUT2D eigenvalue weighted by molar-refractivity contribution is 0.0786. The molecule has 0 unspecified atom stereocenters. The first-order valence-corrected chi connectivity index (χ1v) is 6.95. The van der Waals surface area contributed by atoms with Crippen molar-refractivity contribution in [2.45, 2.75) is 19.8 Å². The summed E-state index contributed by atoms with van der Waals surface area (Å²) in [4.78, 5) is 20.7. The fraction of sp³-hybridized carbons (Fsp3) is 0.600. The van der Waals surface area contributed by atoms with Gasteiger partial charge < -0.3 is 15.1 Å². The van der Waals surface area contributed by atoms with Crippen molar-refractivity contribution in [3.05, 3.63) is 23.4 Å². The van der Waals surface area contributed by atoms with E-state index in [1.807, 2.05) is 34.3 Å². The van der Waals surface area contributed by atoms with Gasteiger partial charge in [-0.3, -0.25) is 4.79 Å². The molecule has 0 aliphatic heterocycles. The van der Waals surface area contributed by atoms with Crippen molar-refractivity contribution in [2.75, 3.05) is 46.6 Å². The molecule has 112 valence electrons. The summed E-state index contributed by atoms with van der Waals surface area (Å²) in [7, 11) is 7.65. The first kappa shape index (κ1) is 16.4. The van der Waals surface area contributed by atoms with Crippen LogP contribution in [0, 0.1) is 0 Å². The van der Waals surface area contributed by atoms with E-state index < -0.39 is 0 Å². The molecule has 0 aliphatic rings. The van der Waals surface area contributed by atoms with E-state index in [4.69, 9.17) is 0 Å². The number of rotatable bonds is 6. The third-order valence-corrected chi connectivity index (χ3v) is 3.17. The predicted molar refractivity (Wildman–Crippen MR) is 83.4 cm³/mol. The molecule has 0 fully saturated rings. The molecule has 1 rings (SSSR count). The number of likely N-dealkylation sites (N-methyl/N-ethyl adjacent to an activating group) is 2. The Labute approximate surface area is 122 Å². The lowest BCUT2D eigenvalue weighted by atomic mass is 10.1. The molecule has 1 amide bonds. The van der Waals surface area contributed by atoms with Crippen molar-refractivity contribution in [1.82, 2.24) is 14.8 Å². The maximum absolute atomic E-state index is 12.5. The van der Waals surface area contributed by atoms with Crippen LogP contribution in [0.4, 0.5) is 5.82 Å². The van der Waals surface area contributed by atoms with Gasteiger partial charge in [0.05, 0.1) is 0 Å². The predicted octanol–water partition coefficient (Wildman–Crippen LogP) is 1.88. The maximum atomic E-state index is 12.5. The zero-order chi connectivity index (χ0) is 15.3. The van der Waals surface area contributed by atoms with Crippen molar-refractivity contribution in [3.63, 3.8) is 0 Å². The van der Waals surface area contributed by atoms with Crippen molar-refractivity contribution in [1.29, 1.82) is 0 Å². The Morgan fingerprint density at radius 2 is 1.90 bits per heavy atom. The summed E-state index contributed by atoms with van der Waals surface area (Å²) in [6.45, 7) is 5.71. The van der Waals surface area contributed by atoms with E-state index in [-0.39, 0.29) is 5.91 Å². The van der Waals surface area contributed by atoms with Crippen molar-refractivity contribution >= 4 is 11.7 Å². The molecule has 0 atom stereocenters. The number of hydrogen-bond acceptors (Lipinski definition) is 4. The second kappa shape index (κ2) is 7.24. The highest BCUT2D eigenvalue weighted by Gasteiger charge is 2.15. The van der Waals surface area contributed by atoms with E-state index in [0.29, 0.717) is 18.0 Å². The van der Waals surface area contributed by atoms with E-state index in [2.05, 4.69) is 29.0 Å². The van der Waals surface area contributed by atoms with Crippen LogP contribution in [-0.2, 0) is 0 Å². The average Bonchev–Trinajstić information content (AvgIpc) is 2.43. The first-order chi connectivity index (χ1) is 9.35. The van der Waals surface area contributed by atoms with E-state index in [1.165, 1.54) is 0 Å². The number of aromatic nitrogens is 1. The second-order valence-corrected chi connectivity index (χ2v) is 5.60. The van der Waals surface area contributed by atoms with Gasteiger partial charge in [-0.05, 0) is 32.1 Å². The van der Waals surface area contributed by atoms with Crippen molar-refractivity contribution in [2.24, 2.45) is 0 Å². The Bertz CT molecular complexity index is 457. The zero-order valence-corrected chi connectivity index (χ0v) is 13.4. The lowest BCUT2D eigenvalue weighted by Crippen LogP contribution is -2.33. The number of nitrogens with zero attached hydrogens (tertiary/aromatic N) is 3. The molecule has 1 aromatic rings. The van der Waals surface area contributed by atoms with Crippen molar-refractivity contribution < 1.29 is 4.79 Å². The van der Waals surface area contributed by atoms with Crippen LogP contribution < -0.4 is 5.32 Å². The van der Waals surface area contributed by atoms with Crippen molar-refractivity contribution in [3.8, 4) is 0 Å². The van der Waals surface area contributed by atoms with E-state index >= 15 is 0 Å². The van der Waals surface area contributed by atoms with E-state index in [1.54, 1.807) is 11.0 Å². The minimum absolute atomic E-state index is 0.0349. The summed E-state index contributed by atoms with van der Waals surface area (Å²) in [5.74, 6) is 1.06. The minimum atomic E-state index is 0.0349. The van der Waals surface area contributed by atoms with Gasteiger partial charge in [-0.2, -0.15) is 0 Å². The fourth-order valence-electron chi connectivity index (χ4n) is 1.77. The highest BCUT2D eigenvalue weighted by molar-refractivity contribution is 5.94. The third-order valence-electron chi connectivity index (χ3n) is 3.17. The fourth-order valence-corrected chi connectivity index (χ4v) is 1.77. The molecule has 0 saturated heterocycles. The van der Waals surface area contributed by atoms with Gasteiger partial charge >= 0.3 is 0 Å². The topological polar surface area (TPSA) is 48.5 Å². The van der Waals surface area contributed by atoms with Crippen LogP contribution in [-0.4, -0.2) is 62.0 Å². The Morgan fingerprint density at radius 3 is 2.40 bits per heavy atom. The highest BCUT2D eigenvalue weighted by atomic mass is 16.2. The smallest absolute Gasteiger partial charge is 0.253 e. The van der Waals surface area contributed by atoms with Gasteiger partial charge in [-0.25, -0.2) is 4.98 Å². The highest BCUT2D eigenvalue weighted by Crippen LogP contribution is 2.18. The first-order valence-electron chi connectivity index (χ1n) is 6.95. The molecule has 0 saturated carbocycles. The van der Waals surface area contributed by atoms with Gasteiger partial charge in [0.2, 0.25) is 0 Å². The molecule has 0 bridgehead atoms. The molecule has 1 aromatic heterocycles. The normalized spacial score (nSPS) is 11.0. The molecule has 5 heteroatoms. The summed E-state index contributed by atoms with van der Waals surface area (Å²) < 4.78 is 0. The van der Waals surface area contributed by atoms with Gasteiger partial charge in [0.1, 0.15) is 5.82 Å². The largest absolute Gasteiger partial charge is 0.373 e. The zero-order valence-electron chi connectivity index (χ0n) is 13.4. The van der Waals surface area contributed by atoms with Crippen LogP contribution in [0.3, 0.4) is 0 Å². The minimum Gasteiger partial charge on any atom is -0.373 e.